The number of benzene rings is 6. The van der Waals surface area contributed by atoms with E-state index in [1.54, 1.807) is 25.1 Å². The van der Waals surface area contributed by atoms with Crippen LogP contribution in [0.4, 0.5) is 22.0 Å². The van der Waals surface area contributed by atoms with E-state index in [0.717, 1.165) is 57.3 Å². The van der Waals surface area contributed by atoms with Gasteiger partial charge in [-0.2, -0.15) is 12.9 Å². The van der Waals surface area contributed by atoms with Crippen LogP contribution in [0.2, 0.25) is 0 Å². The van der Waals surface area contributed by atoms with E-state index in [1.807, 2.05) is 32.9 Å². The molecule has 2 amide bonds. The zero-order valence-electron chi connectivity index (χ0n) is 52.8. The van der Waals surface area contributed by atoms with E-state index in [4.69, 9.17) is 23.7 Å². The maximum atomic E-state index is 13.7. The summed E-state index contributed by atoms with van der Waals surface area (Å²) in [4.78, 5) is 37.6. The number of esters is 1. The Balaban J connectivity index is 0.000000203. The molecule has 6 aromatic rings. The van der Waals surface area contributed by atoms with Gasteiger partial charge in [-0.05, 0) is 122 Å². The lowest BCUT2D eigenvalue weighted by Gasteiger charge is -2.27. The predicted molar refractivity (Wildman–Crippen MR) is 344 cm³/mol. The van der Waals surface area contributed by atoms with Crippen molar-refractivity contribution in [2.24, 2.45) is 0 Å². The van der Waals surface area contributed by atoms with Crippen molar-refractivity contribution < 1.29 is 85.3 Å². The van der Waals surface area contributed by atoms with Crippen molar-refractivity contribution in [3.05, 3.63) is 232 Å². The van der Waals surface area contributed by atoms with E-state index in [0.29, 0.717) is 56.3 Å². The Morgan fingerprint density at radius 3 is 1.06 bits per heavy atom. The Labute approximate surface area is 551 Å². The Morgan fingerprint density at radius 2 is 0.737 bits per heavy atom. The minimum Gasteiger partial charge on any atom is -0.463 e. The molecule has 6 aromatic carbocycles. The highest BCUT2D eigenvalue weighted by Crippen LogP contribution is 2.41. The number of nitrogens with zero attached hydrogens (tertiary/aromatic N) is 3. The molecule has 3 aliphatic rings. The predicted octanol–water partition coefficient (Wildman–Crippen LogP) is 9.76. The number of aryl methyl sites for hydroxylation is 1. The number of hydrogen-bond donors (Lipinski definition) is 2. The third-order valence-corrected chi connectivity index (χ3v) is 20.2. The number of nitrogens with one attached hydrogen (secondary N) is 2. The molecule has 0 bridgehead atoms. The third-order valence-electron chi connectivity index (χ3n) is 14.7. The van der Waals surface area contributed by atoms with E-state index < -0.39 is 95.1 Å². The lowest BCUT2D eigenvalue weighted by molar-refractivity contribution is -0.139. The summed E-state index contributed by atoms with van der Waals surface area (Å²) in [6.07, 6.45) is 6.43. The zero-order valence-corrected chi connectivity index (χ0v) is 55.3. The lowest BCUT2D eigenvalue weighted by atomic mass is 10.00. The van der Waals surface area contributed by atoms with Gasteiger partial charge in [-0.3, -0.25) is 9.59 Å². The molecule has 95 heavy (non-hydrogen) atoms. The Bertz CT molecular complexity index is 3840. The lowest BCUT2D eigenvalue weighted by Crippen LogP contribution is -2.36. The van der Waals surface area contributed by atoms with Gasteiger partial charge in [0.1, 0.15) is 29.1 Å². The molecular weight excluding hydrogens is 1300 g/mol. The summed E-state index contributed by atoms with van der Waals surface area (Å²) in [5.41, 5.74) is 3.18. The number of rotatable bonds is 29. The summed E-state index contributed by atoms with van der Waals surface area (Å²) in [6.45, 7) is 11.7. The van der Waals surface area contributed by atoms with Crippen molar-refractivity contribution >= 4 is 47.9 Å². The molecular formula is C68H76F5N5O14S3. The molecule has 27 heteroatoms. The SMILES string of the molecule is CCCOCCOCCNC(=O)C1=CCN(S(=O)(=O)c2cccc(F)c2)C1c1ccc(F)cc1.CCCOCCOCCNC(=O)C1=CCN(S(=O)(=O)c2cccc(F)c2)C1c1ccc(F)cc1.CCOC(=O)C1=CCN(S(=O)(=O)c2cccc(F)c2)C1c1ccc(C)cc1. The van der Waals surface area contributed by atoms with Gasteiger partial charge in [-0.25, -0.2) is 52.0 Å². The van der Waals surface area contributed by atoms with E-state index in [2.05, 4.69) is 10.6 Å². The number of sulfonamides is 3. The Morgan fingerprint density at radius 1 is 0.421 bits per heavy atom. The normalized spacial score (nSPS) is 16.8. The number of amides is 2. The van der Waals surface area contributed by atoms with Crippen molar-refractivity contribution in [3.63, 3.8) is 0 Å². The zero-order chi connectivity index (χ0) is 68.7. The molecule has 19 nitrogen and oxygen atoms in total. The summed E-state index contributed by atoms with van der Waals surface area (Å²) in [6, 6.07) is 29.2. The summed E-state index contributed by atoms with van der Waals surface area (Å²) < 4.78 is 178. The minimum absolute atomic E-state index is 0.00549. The standard InChI is InChI=1S/2C24H28F2N2O5S.C20H20FNO4S/c2*1-2-13-32-15-16-33-14-11-27-24(29)22-10-12-28(23(22)18-6-8-19(25)9-7-18)34(30,31)21-5-3-4-20(26)17-21;1-3-26-20(23)18-11-12-22(19(18)15-9-7-14(2)8-10-15)27(24,25)17-6-4-5-16(21)13-17/h2*3-10,17,23H,2,11-16H2,1H3,(H,27,29);4-11,13,19H,3,12H2,1-2H3. The van der Waals surface area contributed by atoms with Crippen LogP contribution in [0.3, 0.4) is 0 Å². The fourth-order valence-electron chi connectivity index (χ4n) is 10.2. The van der Waals surface area contributed by atoms with Crippen LogP contribution in [-0.4, -0.2) is 148 Å². The first kappa shape index (κ1) is 74.6. The second-order valence-electron chi connectivity index (χ2n) is 21.5. The molecule has 0 fully saturated rings. The molecule has 0 radical (unpaired) electrons. The highest BCUT2D eigenvalue weighted by atomic mass is 32.2. The van der Waals surface area contributed by atoms with Crippen LogP contribution >= 0.6 is 0 Å². The number of carbonyl (C=O) groups excluding carboxylic acids is 3. The molecule has 510 valence electrons. The first-order valence-corrected chi connectivity index (χ1v) is 34.9. The molecule has 0 aliphatic carbocycles. The number of ether oxygens (including phenoxy) is 5. The monoisotopic (exact) mass is 1380 g/mol. The van der Waals surface area contributed by atoms with Gasteiger partial charge in [0.25, 0.3) is 0 Å². The van der Waals surface area contributed by atoms with Gasteiger partial charge in [0.05, 0.1) is 84.6 Å². The summed E-state index contributed by atoms with van der Waals surface area (Å²) >= 11 is 0. The molecule has 3 heterocycles. The highest BCUT2D eigenvalue weighted by molar-refractivity contribution is 7.89. The second kappa shape index (κ2) is 35.8. The van der Waals surface area contributed by atoms with Gasteiger partial charge in [0, 0.05) is 57.1 Å². The molecule has 3 aliphatic heterocycles. The average molecular weight is 1380 g/mol. The molecule has 0 saturated carbocycles. The molecule has 9 rings (SSSR count). The fourth-order valence-corrected chi connectivity index (χ4v) is 14.9. The quantitative estimate of drug-likeness (QED) is 0.0253. The van der Waals surface area contributed by atoms with Crippen molar-refractivity contribution in [2.75, 3.05) is 92.2 Å². The van der Waals surface area contributed by atoms with Crippen molar-refractivity contribution in [1.82, 2.24) is 23.5 Å². The first-order valence-electron chi connectivity index (χ1n) is 30.6. The van der Waals surface area contributed by atoms with Gasteiger partial charge < -0.3 is 34.3 Å². The largest absolute Gasteiger partial charge is 0.463 e. The maximum Gasteiger partial charge on any atom is 0.335 e. The molecule has 0 spiro atoms. The van der Waals surface area contributed by atoms with E-state index in [1.165, 1.54) is 107 Å². The molecule has 3 unspecified atom stereocenters. The first-order chi connectivity index (χ1) is 45.5. The van der Waals surface area contributed by atoms with Gasteiger partial charge in [0.15, 0.2) is 0 Å². The van der Waals surface area contributed by atoms with Gasteiger partial charge in [-0.1, -0.05) is 104 Å². The summed E-state index contributed by atoms with van der Waals surface area (Å²) in [5.74, 6) is -4.48. The van der Waals surface area contributed by atoms with Gasteiger partial charge >= 0.3 is 5.97 Å². The van der Waals surface area contributed by atoms with E-state index in [-0.39, 0.29) is 84.0 Å². The molecule has 3 atom stereocenters. The minimum atomic E-state index is -4.15. The van der Waals surface area contributed by atoms with Crippen LogP contribution < -0.4 is 10.6 Å². The smallest absolute Gasteiger partial charge is 0.335 e. The van der Waals surface area contributed by atoms with E-state index in [9.17, 15) is 61.6 Å². The van der Waals surface area contributed by atoms with Crippen LogP contribution in [0.25, 0.3) is 0 Å². The van der Waals surface area contributed by atoms with Gasteiger partial charge in [-0.15, -0.1) is 0 Å². The van der Waals surface area contributed by atoms with Gasteiger partial charge in [0.2, 0.25) is 41.9 Å². The number of halogens is 5. The van der Waals surface area contributed by atoms with Crippen LogP contribution in [0.15, 0.2) is 195 Å². The topological polar surface area (TPSA) is 234 Å². The fraction of sp³-hybridized carbons (Fsp3) is 0.338. The van der Waals surface area contributed by atoms with Crippen LogP contribution in [0, 0.1) is 36.0 Å². The third kappa shape index (κ3) is 20.1. The van der Waals surface area contributed by atoms with Crippen LogP contribution in [0.5, 0.6) is 0 Å². The number of hydrogen-bond acceptors (Lipinski definition) is 14. The van der Waals surface area contributed by atoms with Crippen molar-refractivity contribution in [1.29, 1.82) is 0 Å². The summed E-state index contributed by atoms with van der Waals surface area (Å²) in [7, 11) is -12.3. The Kier molecular flexibility index (Phi) is 28.1. The Hall–Kier alpha value is -7.83. The highest BCUT2D eigenvalue weighted by Gasteiger charge is 2.44. The van der Waals surface area contributed by atoms with Crippen molar-refractivity contribution in [2.45, 2.75) is 73.3 Å². The molecule has 0 aromatic heterocycles. The maximum absolute atomic E-state index is 13.7. The van der Waals surface area contributed by atoms with Crippen LogP contribution in [0.1, 0.15) is 74.0 Å². The van der Waals surface area contributed by atoms with Crippen molar-refractivity contribution in [3.8, 4) is 0 Å². The number of carbonyl (C=O) groups is 3. The molecule has 2 N–H and O–H groups in total. The summed E-state index contributed by atoms with van der Waals surface area (Å²) in [5, 5.41) is 5.46. The second-order valence-corrected chi connectivity index (χ2v) is 27.1. The average Bonchev–Trinajstić information content (AvgIpc) is 1.69. The molecule has 0 saturated heterocycles. The van der Waals surface area contributed by atoms with Crippen LogP contribution in [-0.2, 0) is 68.1 Å². The van der Waals surface area contributed by atoms with E-state index >= 15 is 0 Å².